The molecule has 2 aromatic rings. The van der Waals surface area contributed by atoms with E-state index in [1.54, 1.807) is 18.2 Å². The maximum absolute atomic E-state index is 12.6. The van der Waals surface area contributed by atoms with Gasteiger partial charge in [-0.1, -0.05) is 48.5 Å². The monoisotopic (exact) mass is 357 g/mol. The summed E-state index contributed by atoms with van der Waals surface area (Å²) in [5.74, 6) is -0.212. The van der Waals surface area contributed by atoms with E-state index in [2.05, 4.69) is 5.32 Å². The van der Waals surface area contributed by atoms with Gasteiger partial charge in [0.15, 0.2) is 0 Å². The van der Waals surface area contributed by atoms with Crippen LogP contribution in [-0.4, -0.2) is 52.2 Å². The third-order valence-electron chi connectivity index (χ3n) is 4.62. The molecule has 1 saturated heterocycles. The van der Waals surface area contributed by atoms with Crippen molar-refractivity contribution in [2.75, 3.05) is 6.61 Å². The Bertz CT molecular complexity index is 736. The van der Waals surface area contributed by atoms with Crippen molar-refractivity contribution in [3.63, 3.8) is 0 Å². The van der Waals surface area contributed by atoms with Crippen LogP contribution in [0, 0.1) is 0 Å². The van der Waals surface area contributed by atoms with Gasteiger partial charge >= 0.3 is 0 Å². The van der Waals surface area contributed by atoms with Crippen LogP contribution in [-0.2, 0) is 17.7 Å². The minimum atomic E-state index is -1.14. The van der Waals surface area contributed by atoms with Gasteiger partial charge in [-0.3, -0.25) is 4.79 Å². The van der Waals surface area contributed by atoms with Crippen LogP contribution in [0.4, 0.5) is 0 Å². The van der Waals surface area contributed by atoms with Gasteiger partial charge in [-0.05, 0) is 17.2 Å². The van der Waals surface area contributed by atoms with Crippen LogP contribution < -0.4 is 5.32 Å². The van der Waals surface area contributed by atoms with Crippen molar-refractivity contribution in [1.82, 2.24) is 5.32 Å². The molecule has 0 bridgehead atoms. The summed E-state index contributed by atoms with van der Waals surface area (Å²) in [6, 6.07) is 16.7. The van der Waals surface area contributed by atoms with Crippen molar-refractivity contribution in [3.8, 4) is 0 Å². The zero-order chi connectivity index (χ0) is 18.5. The number of aliphatic hydroxyl groups excluding tert-OH is 3. The van der Waals surface area contributed by atoms with Crippen LogP contribution in [0.15, 0.2) is 54.6 Å². The van der Waals surface area contributed by atoms with Gasteiger partial charge in [0.1, 0.15) is 18.3 Å². The summed E-state index contributed by atoms with van der Waals surface area (Å²) in [7, 11) is 0. The first-order chi connectivity index (χ1) is 12.6. The van der Waals surface area contributed by atoms with Gasteiger partial charge < -0.3 is 25.4 Å². The maximum atomic E-state index is 12.6. The lowest BCUT2D eigenvalue weighted by atomic mass is 9.97. The van der Waals surface area contributed by atoms with E-state index in [4.69, 9.17) is 4.74 Å². The molecule has 1 amide bonds. The van der Waals surface area contributed by atoms with Crippen molar-refractivity contribution in [3.05, 3.63) is 71.3 Å². The average molecular weight is 357 g/mol. The van der Waals surface area contributed by atoms with Crippen molar-refractivity contribution < 1.29 is 24.9 Å². The van der Waals surface area contributed by atoms with Crippen LogP contribution in [0.5, 0.6) is 0 Å². The molecule has 1 fully saturated rings. The third-order valence-corrected chi connectivity index (χ3v) is 4.62. The predicted octanol–water partition coefficient (Wildman–Crippen LogP) is 0.641. The highest BCUT2D eigenvalue weighted by Crippen LogP contribution is 2.25. The largest absolute Gasteiger partial charge is 0.394 e. The molecule has 0 aromatic heterocycles. The molecule has 0 spiro atoms. The third kappa shape index (κ3) is 4.11. The fourth-order valence-corrected chi connectivity index (χ4v) is 3.16. The summed E-state index contributed by atoms with van der Waals surface area (Å²) in [4.78, 5) is 12.6. The van der Waals surface area contributed by atoms with Gasteiger partial charge in [-0.15, -0.1) is 0 Å². The van der Waals surface area contributed by atoms with E-state index in [0.717, 1.165) is 5.56 Å². The molecule has 1 aliphatic heterocycles. The number of hydrogen-bond donors (Lipinski definition) is 4. The van der Waals surface area contributed by atoms with Crippen LogP contribution in [0.1, 0.15) is 21.5 Å². The Labute approximate surface area is 152 Å². The van der Waals surface area contributed by atoms with Crippen LogP contribution >= 0.6 is 0 Å². The number of rotatable bonds is 6. The van der Waals surface area contributed by atoms with Gasteiger partial charge in [-0.25, -0.2) is 0 Å². The molecular weight excluding hydrogens is 334 g/mol. The zero-order valence-electron chi connectivity index (χ0n) is 14.3. The first-order valence-electron chi connectivity index (χ1n) is 8.62. The molecule has 26 heavy (non-hydrogen) atoms. The fourth-order valence-electron chi connectivity index (χ4n) is 3.16. The van der Waals surface area contributed by atoms with E-state index in [0.29, 0.717) is 17.7 Å². The Kier molecular flexibility index (Phi) is 6.00. The number of benzene rings is 2. The van der Waals surface area contributed by atoms with E-state index in [9.17, 15) is 20.1 Å². The Morgan fingerprint density at radius 1 is 0.962 bits per heavy atom. The number of nitrogens with one attached hydrogen (secondary N) is 1. The highest BCUT2D eigenvalue weighted by Gasteiger charge is 2.42. The Hall–Kier alpha value is -2.25. The molecule has 138 valence electrons. The average Bonchev–Trinajstić information content (AvgIpc) is 2.95. The molecule has 0 unspecified atom stereocenters. The molecule has 0 aliphatic carbocycles. The normalized spacial score (nSPS) is 25.2. The van der Waals surface area contributed by atoms with E-state index < -0.39 is 24.4 Å². The van der Waals surface area contributed by atoms with Crippen molar-refractivity contribution in [2.45, 2.75) is 37.4 Å². The summed E-state index contributed by atoms with van der Waals surface area (Å²) >= 11 is 0. The zero-order valence-corrected chi connectivity index (χ0v) is 14.3. The van der Waals surface area contributed by atoms with E-state index in [-0.39, 0.29) is 18.9 Å². The number of aliphatic hydroxyl groups is 3. The topological polar surface area (TPSA) is 99.0 Å². The molecule has 0 radical (unpaired) electrons. The smallest absolute Gasteiger partial charge is 0.251 e. The maximum Gasteiger partial charge on any atom is 0.251 e. The second-order valence-corrected chi connectivity index (χ2v) is 6.41. The molecule has 3 rings (SSSR count). The lowest BCUT2D eigenvalue weighted by Crippen LogP contribution is -2.34. The first-order valence-corrected chi connectivity index (χ1v) is 8.62. The van der Waals surface area contributed by atoms with Crippen LogP contribution in [0.3, 0.4) is 0 Å². The molecule has 0 saturated carbocycles. The second-order valence-electron chi connectivity index (χ2n) is 6.41. The number of hydrogen-bond acceptors (Lipinski definition) is 5. The van der Waals surface area contributed by atoms with E-state index in [1.165, 1.54) is 0 Å². The number of amides is 1. The lowest BCUT2D eigenvalue weighted by molar-refractivity contribution is -0.0216. The molecule has 2 aromatic carbocycles. The van der Waals surface area contributed by atoms with E-state index >= 15 is 0 Å². The second kappa shape index (κ2) is 8.42. The SMILES string of the molecule is O=C(NCc1ccccc1)c1ccccc1C[C@@H]1O[C@H](CO)[C@@H](O)[C@H]1O. The lowest BCUT2D eigenvalue weighted by Gasteiger charge is -2.17. The van der Waals surface area contributed by atoms with Gasteiger partial charge in [0.25, 0.3) is 5.91 Å². The predicted molar refractivity (Wildman–Crippen MR) is 95.5 cm³/mol. The molecule has 1 aliphatic rings. The molecule has 6 nitrogen and oxygen atoms in total. The highest BCUT2D eigenvalue weighted by molar-refractivity contribution is 5.95. The van der Waals surface area contributed by atoms with Crippen molar-refractivity contribution in [2.24, 2.45) is 0 Å². The summed E-state index contributed by atoms with van der Waals surface area (Å²) in [6.45, 7) is 0.0514. The highest BCUT2D eigenvalue weighted by atomic mass is 16.6. The van der Waals surface area contributed by atoms with Gasteiger partial charge in [0.2, 0.25) is 0 Å². The van der Waals surface area contributed by atoms with Crippen molar-refractivity contribution >= 4 is 5.91 Å². The number of carbonyl (C=O) groups excluding carboxylic acids is 1. The summed E-state index contributed by atoms with van der Waals surface area (Å²) in [5.41, 5.74) is 2.22. The molecule has 1 heterocycles. The Morgan fingerprint density at radius 2 is 1.62 bits per heavy atom. The first kappa shape index (κ1) is 18.5. The van der Waals surface area contributed by atoms with Crippen molar-refractivity contribution in [1.29, 1.82) is 0 Å². The Morgan fingerprint density at radius 3 is 2.31 bits per heavy atom. The summed E-state index contributed by atoms with van der Waals surface area (Å²) < 4.78 is 5.52. The van der Waals surface area contributed by atoms with Gasteiger partial charge in [-0.2, -0.15) is 0 Å². The number of carbonyl (C=O) groups is 1. The molecule has 4 N–H and O–H groups in total. The molecule has 4 atom stereocenters. The quantitative estimate of drug-likeness (QED) is 0.608. The van der Waals surface area contributed by atoms with E-state index in [1.807, 2.05) is 36.4 Å². The van der Waals surface area contributed by atoms with Gasteiger partial charge in [0, 0.05) is 18.5 Å². The minimum Gasteiger partial charge on any atom is -0.394 e. The summed E-state index contributed by atoms with van der Waals surface area (Å²) in [5, 5.41) is 32.1. The molecule has 6 heteroatoms. The van der Waals surface area contributed by atoms with Crippen LogP contribution in [0.2, 0.25) is 0 Å². The Balaban J connectivity index is 1.69. The summed E-state index contributed by atoms with van der Waals surface area (Å²) in [6.07, 6.45) is -3.46. The minimum absolute atomic E-state index is 0.212. The van der Waals surface area contributed by atoms with Crippen LogP contribution in [0.25, 0.3) is 0 Å². The molecular formula is C20H23NO5. The van der Waals surface area contributed by atoms with Gasteiger partial charge in [0.05, 0.1) is 12.7 Å². The number of ether oxygens (including phenoxy) is 1. The fraction of sp³-hybridized carbons (Fsp3) is 0.350. The standard InChI is InChI=1S/C20H23NO5/c22-12-17-19(24)18(23)16(26-17)10-14-8-4-5-9-15(14)20(25)21-11-13-6-2-1-3-7-13/h1-9,16-19,22-24H,10-12H2,(H,21,25)/t16-,17+,18-,19+/m0/s1.